The maximum absolute atomic E-state index is 11.5. The molecule has 7 heteroatoms. The van der Waals surface area contributed by atoms with Crippen molar-refractivity contribution in [3.63, 3.8) is 0 Å². The fourth-order valence-corrected chi connectivity index (χ4v) is 2.15. The molecule has 0 fully saturated rings. The molecular formula is C16H16N4O3. The minimum absolute atomic E-state index is 0.0105. The van der Waals surface area contributed by atoms with Crippen LogP contribution >= 0.6 is 0 Å². The molecule has 0 spiro atoms. The Morgan fingerprint density at radius 1 is 1.09 bits per heavy atom. The number of carbonyl (C=O) groups is 1. The van der Waals surface area contributed by atoms with Crippen molar-refractivity contribution in [2.24, 2.45) is 0 Å². The molecule has 0 radical (unpaired) electrons. The Morgan fingerprint density at radius 3 is 2.52 bits per heavy atom. The number of aromatic nitrogens is 3. The molecule has 3 rings (SSSR count). The van der Waals surface area contributed by atoms with Crippen LogP contribution in [-0.2, 0) is 9.53 Å². The second-order valence-corrected chi connectivity index (χ2v) is 4.87. The van der Waals surface area contributed by atoms with Crippen molar-refractivity contribution < 1.29 is 14.3 Å². The molecule has 23 heavy (non-hydrogen) atoms. The van der Waals surface area contributed by atoms with E-state index >= 15 is 0 Å². The van der Waals surface area contributed by atoms with E-state index in [1.807, 2.05) is 30.3 Å². The molecule has 0 atom stereocenters. The first-order valence-electron chi connectivity index (χ1n) is 7.00. The van der Waals surface area contributed by atoms with Crippen molar-refractivity contribution in [3.05, 3.63) is 42.5 Å². The summed E-state index contributed by atoms with van der Waals surface area (Å²) in [6, 6.07) is 12.8. The molecule has 1 aromatic heterocycles. The fraction of sp³-hybridized carbons (Fsp3) is 0.188. The predicted octanol–water partition coefficient (Wildman–Crippen LogP) is 2.01. The molecular weight excluding hydrogens is 296 g/mol. The summed E-state index contributed by atoms with van der Waals surface area (Å²) in [6.45, 7) is 0.0105. The van der Waals surface area contributed by atoms with E-state index in [1.165, 1.54) is 7.11 Å². The number of rotatable bonds is 5. The zero-order chi connectivity index (χ0) is 16.2. The number of hydrogen-bond acceptors (Lipinski definition) is 5. The first kappa shape index (κ1) is 15.0. The van der Waals surface area contributed by atoms with E-state index in [2.05, 4.69) is 15.5 Å². The van der Waals surface area contributed by atoms with Gasteiger partial charge in [0, 0.05) is 12.8 Å². The molecule has 1 amide bonds. The van der Waals surface area contributed by atoms with Crippen molar-refractivity contribution in [3.8, 4) is 11.4 Å². The highest BCUT2D eigenvalue weighted by molar-refractivity contribution is 5.93. The van der Waals surface area contributed by atoms with Gasteiger partial charge in [-0.2, -0.15) is 4.80 Å². The Kier molecular flexibility index (Phi) is 4.20. The van der Waals surface area contributed by atoms with E-state index in [4.69, 9.17) is 9.47 Å². The molecule has 3 aromatic rings. The third-order valence-corrected chi connectivity index (χ3v) is 3.24. The van der Waals surface area contributed by atoms with E-state index in [1.54, 1.807) is 24.0 Å². The van der Waals surface area contributed by atoms with Crippen molar-refractivity contribution in [1.29, 1.82) is 0 Å². The van der Waals surface area contributed by atoms with Gasteiger partial charge in [-0.05, 0) is 42.5 Å². The summed E-state index contributed by atoms with van der Waals surface area (Å²) in [6.07, 6.45) is 0. The number of hydrogen-bond donors (Lipinski definition) is 1. The van der Waals surface area contributed by atoms with Crippen LogP contribution in [0.25, 0.3) is 16.7 Å². The van der Waals surface area contributed by atoms with Crippen LogP contribution in [0.3, 0.4) is 0 Å². The Hall–Kier alpha value is -2.93. The molecule has 0 aliphatic carbocycles. The molecule has 118 valence electrons. The lowest BCUT2D eigenvalue weighted by Gasteiger charge is -2.03. The topological polar surface area (TPSA) is 78.3 Å². The van der Waals surface area contributed by atoms with Crippen LogP contribution in [0, 0.1) is 0 Å². The van der Waals surface area contributed by atoms with E-state index in [-0.39, 0.29) is 12.5 Å². The van der Waals surface area contributed by atoms with Crippen molar-refractivity contribution in [2.75, 3.05) is 26.1 Å². The van der Waals surface area contributed by atoms with Crippen LogP contribution in [0.1, 0.15) is 0 Å². The number of fused-ring (bicyclic) bond motifs is 1. The number of carbonyl (C=O) groups excluding carboxylic acids is 1. The predicted molar refractivity (Wildman–Crippen MR) is 85.9 cm³/mol. The summed E-state index contributed by atoms with van der Waals surface area (Å²) in [5.41, 5.74) is 2.91. The lowest BCUT2D eigenvalue weighted by molar-refractivity contribution is -0.119. The maximum atomic E-state index is 11.5. The zero-order valence-electron chi connectivity index (χ0n) is 12.8. The molecule has 1 heterocycles. The van der Waals surface area contributed by atoms with Crippen molar-refractivity contribution in [2.45, 2.75) is 0 Å². The standard InChI is InChI=1S/C16H16N4O3/c1-22-10-16(21)17-11-3-8-14-15(9-11)19-20(18-14)12-4-6-13(23-2)7-5-12/h3-9H,10H2,1-2H3,(H,17,21). The lowest BCUT2D eigenvalue weighted by atomic mass is 10.3. The fourth-order valence-electron chi connectivity index (χ4n) is 2.15. The van der Waals surface area contributed by atoms with Gasteiger partial charge in [0.25, 0.3) is 0 Å². The van der Waals surface area contributed by atoms with Crippen LogP contribution in [0.2, 0.25) is 0 Å². The second-order valence-electron chi connectivity index (χ2n) is 4.87. The van der Waals surface area contributed by atoms with Crippen LogP contribution < -0.4 is 10.1 Å². The van der Waals surface area contributed by atoms with Gasteiger partial charge in [-0.25, -0.2) is 0 Å². The summed E-state index contributed by atoms with van der Waals surface area (Å²) in [4.78, 5) is 13.1. The molecule has 0 unspecified atom stereocenters. The Balaban J connectivity index is 1.87. The average molecular weight is 312 g/mol. The summed E-state index contributed by atoms with van der Waals surface area (Å²) in [5, 5.41) is 11.6. The first-order chi connectivity index (χ1) is 11.2. The molecule has 2 aromatic carbocycles. The number of nitrogens with one attached hydrogen (secondary N) is 1. The molecule has 0 bridgehead atoms. The maximum Gasteiger partial charge on any atom is 0.250 e. The number of anilines is 1. The molecule has 0 aliphatic heterocycles. The lowest BCUT2D eigenvalue weighted by Crippen LogP contribution is -2.16. The van der Waals surface area contributed by atoms with E-state index in [9.17, 15) is 4.79 Å². The highest BCUT2D eigenvalue weighted by atomic mass is 16.5. The quantitative estimate of drug-likeness (QED) is 0.780. The van der Waals surface area contributed by atoms with Crippen molar-refractivity contribution in [1.82, 2.24) is 15.0 Å². The molecule has 0 aliphatic rings. The number of benzene rings is 2. The van der Waals surface area contributed by atoms with Crippen LogP contribution in [0.15, 0.2) is 42.5 Å². The van der Waals surface area contributed by atoms with Crippen LogP contribution in [0.5, 0.6) is 5.75 Å². The van der Waals surface area contributed by atoms with Gasteiger partial charge in [-0.15, -0.1) is 10.2 Å². The minimum Gasteiger partial charge on any atom is -0.497 e. The minimum atomic E-state index is -0.214. The van der Waals surface area contributed by atoms with E-state index in [0.717, 1.165) is 17.0 Å². The largest absolute Gasteiger partial charge is 0.497 e. The number of methoxy groups -OCH3 is 2. The summed E-state index contributed by atoms with van der Waals surface area (Å²) >= 11 is 0. The number of nitrogens with zero attached hydrogens (tertiary/aromatic N) is 3. The van der Waals surface area contributed by atoms with Gasteiger partial charge >= 0.3 is 0 Å². The van der Waals surface area contributed by atoms with Gasteiger partial charge in [0.05, 0.1) is 12.8 Å². The SMILES string of the molecule is COCC(=O)Nc1ccc2nn(-c3ccc(OC)cc3)nc2c1. The second kappa shape index (κ2) is 6.45. The van der Waals surface area contributed by atoms with Crippen LogP contribution in [-0.4, -0.2) is 41.7 Å². The highest BCUT2D eigenvalue weighted by Gasteiger charge is 2.07. The third-order valence-electron chi connectivity index (χ3n) is 3.24. The highest BCUT2D eigenvalue weighted by Crippen LogP contribution is 2.19. The Morgan fingerprint density at radius 2 is 1.83 bits per heavy atom. The molecule has 1 N–H and O–H groups in total. The van der Waals surface area contributed by atoms with Gasteiger partial charge in [0.1, 0.15) is 23.4 Å². The third kappa shape index (κ3) is 3.29. The Bertz CT molecular complexity index is 827. The van der Waals surface area contributed by atoms with Crippen LogP contribution in [0.4, 0.5) is 5.69 Å². The summed E-state index contributed by atoms with van der Waals surface area (Å²) in [5.74, 6) is 0.558. The monoisotopic (exact) mass is 312 g/mol. The first-order valence-corrected chi connectivity index (χ1v) is 7.00. The summed E-state index contributed by atoms with van der Waals surface area (Å²) < 4.78 is 9.93. The number of ether oxygens (including phenoxy) is 2. The zero-order valence-corrected chi connectivity index (χ0v) is 12.8. The average Bonchev–Trinajstić information content (AvgIpc) is 2.98. The number of amides is 1. The molecule has 0 saturated carbocycles. The van der Waals surface area contributed by atoms with Gasteiger partial charge < -0.3 is 14.8 Å². The van der Waals surface area contributed by atoms with Gasteiger partial charge in [0.15, 0.2) is 0 Å². The molecule has 0 saturated heterocycles. The molecule has 7 nitrogen and oxygen atoms in total. The van der Waals surface area contributed by atoms with E-state index < -0.39 is 0 Å². The Labute approximate surface area is 132 Å². The smallest absolute Gasteiger partial charge is 0.250 e. The van der Waals surface area contributed by atoms with Crippen molar-refractivity contribution >= 4 is 22.6 Å². The van der Waals surface area contributed by atoms with Gasteiger partial charge in [0.2, 0.25) is 5.91 Å². The van der Waals surface area contributed by atoms with E-state index in [0.29, 0.717) is 11.2 Å². The normalized spacial score (nSPS) is 10.7. The van der Waals surface area contributed by atoms with Gasteiger partial charge in [-0.3, -0.25) is 4.79 Å². The summed E-state index contributed by atoms with van der Waals surface area (Å²) in [7, 11) is 3.10. The van der Waals surface area contributed by atoms with Gasteiger partial charge in [-0.1, -0.05) is 0 Å².